The van der Waals surface area contributed by atoms with Gasteiger partial charge in [0, 0.05) is 5.56 Å². The first-order chi connectivity index (χ1) is 10.5. The molecule has 6 nitrogen and oxygen atoms in total. The largest absolute Gasteiger partial charge is 0.496 e. The monoisotopic (exact) mass is 302 g/mol. The van der Waals surface area contributed by atoms with Crippen molar-refractivity contribution < 1.29 is 18.7 Å². The quantitative estimate of drug-likeness (QED) is 0.845. The van der Waals surface area contributed by atoms with Gasteiger partial charge in [-0.2, -0.15) is 0 Å². The van der Waals surface area contributed by atoms with Gasteiger partial charge in [-0.15, -0.1) is 0 Å². The Morgan fingerprint density at radius 3 is 2.55 bits per heavy atom. The third-order valence-corrected chi connectivity index (χ3v) is 3.14. The molecule has 116 valence electrons. The summed E-state index contributed by atoms with van der Waals surface area (Å²) in [5.74, 6) is 1.03. The molecule has 0 spiro atoms. The van der Waals surface area contributed by atoms with Gasteiger partial charge in [-0.3, -0.25) is 20.4 Å². The number of hydrogen-bond donors (Lipinski definition) is 2. The zero-order valence-electron chi connectivity index (χ0n) is 12.7. The minimum atomic E-state index is -0.414. The maximum absolute atomic E-state index is 11.9. The van der Waals surface area contributed by atoms with Crippen LogP contribution in [0.4, 0.5) is 0 Å². The molecule has 1 heterocycles. The fourth-order valence-corrected chi connectivity index (χ4v) is 2.12. The Labute approximate surface area is 128 Å². The topological polar surface area (TPSA) is 80.6 Å². The molecule has 0 saturated carbocycles. The van der Waals surface area contributed by atoms with Crippen LogP contribution in [-0.2, 0) is 11.2 Å². The molecule has 0 aliphatic heterocycles. The Morgan fingerprint density at radius 2 is 1.91 bits per heavy atom. The number of furan rings is 1. The molecule has 2 N–H and O–H groups in total. The minimum Gasteiger partial charge on any atom is -0.496 e. The zero-order chi connectivity index (χ0) is 16.1. The van der Waals surface area contributed by atoms with Gasteiger partial charge in [-0.1, -0.05) is 18.2 Å². The van der Waals surface area contributed by atoms with Gasteiger partial charge in [0.2, 0.25) is 5.91 Å². The van der Waals surface area contributed by atoms with Gasteiger partial charge in [0.25, 0.3) is 5.91 Å². The minimum absolute atomic E-state index is 0.105. The highest BCUT2D eigenvalue weighted by atomic mass is 16.5. The summed E-state index contributed by atoms with van der Waals surface area (Å²) in [6, 6.07) is 8.84. The van der Waals surface area contributed by atoms with E-state index in [-0.39, 0.29) is 12.3 Å². The number of nitrogens with one attached hydrogen (secondary N) is 2. The summed E-state index contributed by atoms with van der Waals surface area (Å²) in [6.07, 6.45) is 0.105. The Balaban J connectivity index is 1.93. The van der Waals surface area contributed by atoms with Gasteiger partial charge in [-0.05, 0) is 26.0 Å². The van der Waals surface area contributed by atoms with Gasteiger partial charge < -0.3 is 9.15 Å². The van der Waals surface area contributed by atoms with Crippen LogP contribution < -0.4 is 15.6 Å². The molecule has 0 radical (unpaired) electrons. The Bertz CT molecular complexity index is 691. The predicted octanol–water partition coefficient (Wildman–Crippen LogP) is 1.91. The average molecular weight is 302 g/mol. The molecule has 0 saturated heterocycles. The lowest BCUT2D eigenvalue weighted by Crippen LogP contribution is -2.42. The van der Waals surface area contributed by atoms with Gasteiger partial charge >= 0.3 is 0 Å². The summed E-state index contributed by atoms with van der Waals surface area (Å²) in [4.78, 5) is 23.8. The molecule has 6 heteroatoms. The third kappa shape index (κ3) is 3.66. The van der Waals surface area contributed by atoms with E-state index in [0.717, 1.165) is 5.56 Å². The second kappa shape index (κ2) is 6.80. The Kier molecular flexibility index (Phi) is 4.83. The van der Waals surface area contributed by atoms with E-state index < -0.39 is 5.91 Å². The van der Waals surface area contributed by atoms with Gasteiger partial charge in [-0.25, -0.2) is 0 Å². The van der Waals surface area contributed by atoms with Crippen LogP contribution in [0, 0.1) is 13.8 Å². The number of para-hydroxylation sites is 1. The van der Waals surface area contributed by atoms with Crippen LogP contribution in [0.15, 0.2) is 34.7 Å². The molecule has 1 aromatic heterocycles. The third-order valence-electron chi connectivity index (χ3n) is 3.14. The van der Waals surface area contributed by atoms with E-state index in [9.17, 15) is 9.59 Å². The molecule has 0 fully saturated rings. The van der Waals surface area contributed by atoms with Crippen LogP contribution in [0.3, 0.4) is 0 Å². The summed E-state index contributed by atoms with van der Waals surface area (Å²) in [5.41, 5.74) is 5.89. The van der Waals surface area contributed by atoms with E-state index in [0.29, 0.717) is 22.8 Å². The second-order valence-electron chi connectivity index (χ2n) is 4.82. The fraction of sp³-hybridized carbons (Fsp3) is 0.250. The van der Waals surface area contributed by atoms with E-state index in [1.54, 1.807) is 39.2 Å². The van der Waals surface area contributed by atoms with Crippen molar-refractivity contribution in [2.45, 2.75) is 20.3 Å². The van der Waals surface area contributed by atoms with Crippen LogP contribution in [0.5, 0.6) is 5.75 Å². The molecular weight excluding hydrogens is 284 g/mol. The molecule has 2 aromatic rings. The molecule has 2 rings (SSSR count). The molecule has 22 heavy (non-hydrogen) atoms. The number of benzene rings is 1. The first kappa shape index (κ1) is 15.6. The summed E-state index contributed by atoms with van der Waals surface area (Å²) < 4.78 is 10.5. The van der Waals surface area contributed by atoms with Crippen LogP contribution >= 0.6 is 0 Å². The molecule has 0 bridgehead atoms. The lowest BCUT2D eigenvalue weighted by molar-refractivity contribution is -0.121. The Hall–Kier alpha value is -2.76. The van der Waals surface area contributed by atoms with Crippen molar-refractivity contribution in [2.24, 2.45) is 0 Å². The van der Waals surface area contributed by atoms with Crippen molar-refractivity contribution in [3.63, 3.8) is 0 Å². The van der Waals surface area contributed by atoms with E-state index in [1.807, 2.05) is 12.1 Å². The SMILES string of the molecule is COc1ccccc1CC(=O)NNC(=O)c1cc(C)oc1C. The summed E-state index contributed by atoms with van der Waals surface area (Å²) in [7, 11) is 1.54. The Morgan fingerprint density at radius 1 is 1.18 bits per heavy atom. The van der Waals surface area contributed by atoms with Crippen molar-refractivity contribution in [3.05, 3.63) is 53.0 Å². The summed E-state index contributed by atoms with van der Waals surface area (Å²) >= 11 is 0. The molecule has 0 atom stereocenters. The molecule has 1 aromatic carbocycles. The number of hydrazine groups is 1. The maximum atomic E-state index is 11.9. The zero-order valence-corrected chi connectivity index (χ0v) is 12.7. The molecular formula is C16H18N2O4. The number of hydrogen-bond acceptors (Lipinski definition) is 4. The highest BCUT2D eigenvalue weighted by molar-refractivity contribution is 5.96. The normalized spacial score (nSPS) is 10.1. The maximum Gasteiger partial charge on any atom is 0.273 e. The van der Waals surface area contributed by atoms with E-state index in [2.05, 4.69) is 10.9 Å². The number of amides is 2. The first-order valence-electron chi connectivity index (χ1n) is 6.79. The number of carbonyl (C=O) groups is 2. The van der Waals surface area contributed by atoms with E-state index in [4.69, 9.17) is 9.15 Å². The van der Waals surface area contributed by atoms with Crippen LogP contribution in [0.2, 0.25) is 0 Å². The lowest BCUT2D eigenvalue weighted by atomic mass is 10.1. The van der Waals surface area contributed by atoms with Gasteiger partial charge in [0.05, 0.1) is 19.1 Å². The van der Waals surface area contributed by atoms with Crippen LogP contribution in [0.1, 0.15) is 27.4 Å². The number of carbonyl (C=O) groups excluding carboxylic acids is 2. The van der Waals surface area contributed by atoms with Crippen molar-refractivity contribution in [1.29, 1.82) is 0 Å². The number of ether oxygens (including phenoxy) is 1. The summed E-state index contributed by atoms with van der Waals surface area (Å²) in [6.45, 7) is 3.45. The fourth-order valence-electron chi connectivity index (χ4n) is 2.12. The lowest BCUT2D eigenvalue weighted by Gasteiger charge is -2.09. The molecule has 0 aliphatic rings. The summed E-state index contributed by atoms with van der Waals surface area (Å²) in [5, 5.41) is 0. The van der Waals surface area contributed by atoms with Crippen molar-refractivity contribution in [3.8, 4) is 5.75 Å². The van der Waals surface area contributed by atoms with Crippen LogP contribution in [-0.4, -0.2) is 18.9 Å². The first-order valence-corrected chi connectivity index (χ1v) is 6.79. The van der Waals surface area contributed by atoms with Crippen LogP contribution in [0.25, 0.3) is 0 Å². The van der Waals surface area contributed by atoms with E-state index >= 15 is 0 Å². The predicted molar refractivity (Wildman–Crippen MR) is 80.5 cm³/mol. The van der Waals surface area contributed by atoms with Crippen molar-refractivity contribution in [2.75, 3.05) is 7.11 Å². The highest BCUT2D eigenvalue weighted by Gasteiger charge is 2.14. The number of aryl methyl sites for hydroxylation is 2. The molecule has 2 amide bonds. The average Bonchev–Trinajstić information content (AvgIpc) is 2.84. The van der Waals surface area contributed by atoms with Crippen molar-refractivity contribution >= 4 is 11.8 Å². The highest BCUT2D eigenvalue weighted by Crippen LogP contribution is 2.17. The molecule has 0 aliphatic carbocycles. The standard InChI is InChI=1S/C16H18N2O4/c1-10-8-13(11(2)22-10)16(20)18-17-15(19)9-12-6-4-5-7-14(12)21-3/h4-8H,9H2,1-3H3,(H,17,19)(H,18,20). The van der Waals surface area contributed by atoms with Gasteiger partial charge in [0.15, 0.2) is 0 Å². The number of rotatable bonds is 4. The smallest absolute Gasteiger partial charge is 0.273 e. The van der Waals surface area contributed by atoms with Gasteiger partial charge in [0.1, 0.15) is 17.3 Å². The van der Waals surface area contributed by atoms with E-state index in [1.165, 1.54) is 0 Å². The molecule has 0 unspecified atom stereocenters. The van der Waals surface area contributed by atoms with Crippen molar-refractivity contribution in [1.82, 2.24) is 10.9 Å². The second-order valence-corrected chi connectivity index (χ2v) is 4.82. The number of methoxy groups -OCH3 is 1.